The Balaban J connectivity index is 1.87. The highest BCUT2D eigenvalue weighted by molar-refractivity contribution is 5.93. The van der Waals surface area contributed by atoms with E-state index in [9.17, 15) is 9.90 Å². The van der Waals surface area contributed by atoms with Crippen LogP contribution in [0.25, 0.3) is 0 Å². The quantitative estimate of drug-likeness (QED) is 0.813. The average molecular weight is 269 g/mol. The summed E-state index contributed by atoms with van der Waals surface area (Å²) in [7, 11) is 0. The number of carbonyl (C=O) groups excluding carboxylic acids is 1. The van der Waals surface area contributed by atoms with Gasteiger partial charge in [-0.05, 0) is 37.1 Å². The van der Waals surface area contributed by atoms with Gasteiger partial charge in [0, 0.05) is 11.6 Å². The molecule has 1 fully saturated rings. The Bertz CT molecular complexity index is 571. The molecule has 0 bridgehead atoms. The first-order valence-corrected chi connectivity index (χ1v) is 6.24. The second-order valence-corrected chi connectivity index (χ2v) is 4.79. The normalized spacial score (nSPS) is 23.9. The van der Waals surface area contributed by atoms with Crippen molar-refractivity contribution in [3.8, 4) is 30.4 Å². The number of hydrogen-bond acceptors (Lipinski definition) is 3. The largest absolute Gasteiger partial charge is 0.481 e. The molecule has 1 aliphatic rings. The van der Waals surface area contributed by atoms with Crippen LogP contribution in [0.3, 0.4) is 0 Å². The lowest BCUT2D eigenvalue weighted by molar-refractivity contribution is -0.129. The minimum Gasteiger partial charge on any atom is -0.481 e. The molecule has 0 unspecified atom stereocenters. The smallest absolute Gasteiger partial charge is 0.227 e. The molecule has 0 heterocycles. The van der Waals surface area contributed by atoms with Crippen molar-refractivity contribution < 1.29 is 14.6 Å². The summed E-state index contributed by atoms with van der Waals surface area (Å²) in [5.74, 6) is 4.94. The van der Waals surface area contributed by atoms with Crippen LogP contribution in [0.1, 0.15) is 12.8 Å². The predicted molar refractivity (Wildman–Crippen MR) is 75.9 cm³/mol. The molecule has 2 rings (SSSR count). The van der Waals surface area contributed by atoms with Gasteiger partial charge >= 0.3 is 0 Å². The molecule has 2 N–H and O–H groups in total. The summed E-state index contributed by atoms with van der Waals surface area (Å²) in [5.41, 5.74) is -0.450. The molecule has 0 aromatic heterocycles. The molecule has 1 amide bonds. The zero-order valence-corrected chi connectivity index (χ0v) is 10.9. The lowest BCUT2D eigenvalue weighted by Crippen LogP contribution is -2.47. The lowest BCUT2D eigenvalue weighted by atomic mass is 9.71. The molecule has 1 aromatic rings. The van der Waals surface area contributed by atoms with Crippen molar-refractivity contribution in [3.05, 3.63) is 24.3 Å². The van der Waals surface area contributed by atoms with Crippen LogP contribution in [0, 0.1) is 30.6 Å². The minimum absolute atomic E-state index is 0.137. The van der Waals surface area contributed by atoms with E-state index < -0.39 is 5.60 Å². The van der Waals surface area contributed by atoms with Crippen molar-refractivity contribution in [2.75, 3.05) is 11.9 Å². The van der Waals surface area contributed by atoms with Crippen molar-refractivity contribution in [1.29, 1.82) is 0 Å². The summed E-state index contributed by atoms with van der Waals surface area (Å²) >= 11 is 0. The number of hydrogen-bond donors (Lipinski definition) is 2. The fourth-order valence-corrected chi connectivity index (χ4v) is 2.06. The van der Waals surface area contributed by atoms with Gasteiger partial charge in [-0.25, -0.2) is 0 Å². The van der Waals surface area contributed by atoms with Gasteiger partial charge in [0.25, 0.3) is 0 Å². The number of terminal acetylenes is 2. The van der Waals surface area contributed by atoms with E-state index in [-0.39, 0.29) is 18.4 Å². The fourth-order valence-electron chi connectivity index (χ4n) is 2.06. The number of carbonyl (C=O) groups is 1. The van der Waals surface area contributed by atoms with Gasteiger partial charge in [-0.3, -0.25) is 4.79 Å². The molecule has 0 aliphatic heterocycles. The van der Waals surface area contributed by atoms with Crippen LogP contribution in [-0.2, 0) is 4.79 Å². The number of amides is 1. The first kappa shape index (κ1) is 14.0. The Morgan fingerprint density at radius 3 is 2.60 bits per heavy atom. The van der Waals surface area contributed by atoms with Crippen LogP contribution in [0.15, 0.2) is 24.3 Å². The van der Waals surface area contributed by atoms with Crippen molar-refractivity contribution in [2.24, 2.45) is 5.92 Å². The van der Waals surface area contributed by atoms with Gasteiger partial charge in [0.2, 0.25) is 5.91 Å². The van der Waals surface area contributed by atoms with Crippen LogP contribution in [0.5, 0.6) is 5.75 Å². The molecule has 1 aromatic carbocycles. The number of ether oxygens (including phenoxy) is 1. The van der Waals surface area contributed by atoms with Gasteiger partial charge in [0.05, 0.1) is 0 Å². The molecule has 102 valence electrons. The second kappa shape index (κ2) is 5.69. The molecule has 0 radical (unpaired) electrons. The third kappa shape index (κ3) is 3.12. The molecule has 1 aliphatic carbocycles. The average Bonchev–Trinajstić information content (AvgIpc) is 2.43. The Labute approximate surface area is 118 Å². The SMILES string of the molecule is C#CCOc1ccc(NC(=O)C2CC(O)(C#C)C2)cc1. The summed E-state index contributed by atoms with van der Waals surface area (Å²) in [6, 6.07) is 6.92. The number of aliphatic hydroxyl groups is 1. The van der Waals surface area contributed by atoms with Gasteiger partial charge in [-0.15, -0.1) is 12.8 Å². The predicted octanol–water partition coefficient (Wildman–Crippen LogP) is 1.41. The summed E-state index contributed by atoms with van der Waals surface area (Å²) in [5, 5.41) is 12.4. The fraction of sp³-hybridized carbons (Fsp3) is 0.312. The Morgan fingerprint density at radius 1 is 1.40 bits per heavy atom. The van der Waals surface area contributed by atoms with Crippen LogP contribution >= 0.6 is 0 Å². The van der Waals surface area contributed by atoms with Gasteiger partial charge < -0.3 is 15.2 Å². The van der Waals surface area contributed by atoms with Crippen molar-refractivity contribution in [1.82, 2.24) is 0 Å². The standard InChI is InChI=1S/C16H15NO3/c1-3-9-20-14-7-5-13(6-8-14)17-15(18)12-10-16(19,4-2)11-12/h1-2,5-8,12,19H,9-11H2,(H,17,18). The number of anilines is 1. The zero-order valence-electron chi connectivity index (χ0n) is 10.9. The van der Waals surface area contributed by atoms with E-state index >= 15 is 0 Å². The maximum absolute atomic E-state index is 11.9. The Morgan fingerprint density at radius 2 is 2.05 bits per heavy atom. The Hall–Kier alpha value is -2.43. The number of benzene rings is 1. The monoisotopic (exact) mass is 269 g/mol. The summed E-state index contributed by atoms with van der Waals surface area (Å²) in [4.78, 5) is 11.9. The summed E-state index contributed by atoms with van der Waals surface area (Å²) < 4.78 is 5.23. The highest BCUT2D eigenvalue weighted by atomic mass is 16.5. The number of rotatable bonds is 4. The van der Waals surface area contributed by atoms with E-state index in [2.05, 4.69) is 17.2 Å². The van der Waals surface area contributed by atoms with Crippen LogP contribution in [0.2, 0.25) is 0 Å². The van der Waals surface area contributed by atoms with Gasteiger partial charge in [-0.2, -0.15) is 0 Å². The van der Waals surface area contributed by atoms with E-state index in [1.165, 1.54) is 0 Å². The van der Waals surface area contributed by atoms with Crippen molar-refractivity contribution in [3.63, 3.8) is 0 Å². The molecular weight excluding hydrogens is 254 g/mol. The molecular formula is C16H15NO3. The first-order chi connectivity index (χ1) is 9.56. The van der Waals surface area contributed by atoms with Crippen LogP contribution in [-0.4, -0.2) is 23.2 Å². The van der Waals surface area contributed by atoms with Crippen LogP contribution < -0.4 is 10.1 Å². The maximum atomic E-state index is 11.9. The van der Waals surface area contributed by atoms with Gasteiger partial charge in [0.15, 0.2) is 0 Å². The first-order valence-electron chi connectivity index (χ1n) is 6.24. The number of nitrogens with one attached hydrogen (secondary N) is 1. The molecule has 0 atom stereocenters. The Kier molecular flexibility index (Phi) is 3.98. The molecule has 1 saturated carbocycles. The second-order valence-electron chi connectivity index (χ2n) is 4.79. The molecule has 20 heavy (non-hydrogen) atoms. The molecule has 4 heteroatoms. The highest BCUT2D eigenvalue weighted by Gasteiger charge is 2.44. The van der Waals surface area contributed by atoms with Crippen molar-refractivity contribution in [2.45, 2.75) is 18.4 Å². The molecule has 0 saturated heterocycles. The highest BCUT2D eigenvalue weighted by Crippen LogP contribution is 2.37. The van der Waals surface area contributed by atoms with E-state index in [0.29, 0.717) is 24.3 Å². The van der Waals surface area contributed by atoms with Crippen LogP contribution in [0.4, 0.5) is 5.69 Å². The third-order valence-corrected chi connectivity index (χ3v) is 3.25. The van der Waals surface area contributed by atoms with E-state index in [1.54, 1.807) is 24.3 Å². The topological polar surface area (TPSA) is 58.6 Å². The molecule has 0 spiro atoms. The van der Waals surface area contributed by atoms with Crippen molar-refractivity contribution >= 4 is 11.6 Å². The van der Waals surface area contributed by atoms with Gasteiger partial charge in [-0.1, -0.05) is 11.8 Å². The molecule has 4 nitrogen and oxygen atoms in total. The van der Waals surface area contributed by atoms with E-state index in [1.807, 2.05) is 0 Å². The van der Waals surface area contributed by atoms with E-state index in [0.717, 1.165) is 0 Å². The third-order valence-electron chi connectivity index (χ3n) is 3.25. The summed E-state index contributed by atoms with van der Waals surface area (Å²) in [6.45, 7) is 0.207. The zero-order chi connectivity index (χ0) is 14.6. The lowest BCUT2D eigenvalue weighted by Gasteiger charge is -2.38. The summed E-state index contributed by atoms with van der Waals surface area (Å²) in [6.07, 6.45) is 10.9. The minimum atomic E-state index is -1.12. The van der Waals surface area contributed by atoms with Gasteiger partial charge in [0.1, 0.15) is 18.0 Å². The van der Waals surface area contributed by atoms with E-state index in [4.69, 9.17) is 17.6 Å². The maximum Gasteiger partial charge on any atom is 0.227 e.